The summed E-state index contributed by atoms with van der Waals surface area (Å²) in [6.07, 6.45) is -3.74. The first-order valence-corrected chi connectivity index (χ1v) is 8.64. The normalized spacial score (nSPS) is 13.0. The van der Waals surface area contributed by atoms with Crippen LogP contribution in [0.25, 0.3) is 5.69 Å². The molecule has 1 unspecified atom stereocenters. The number of halogens is 3. The van der Waals surface area contributed by atoms with E-state index in [1.807, 2.05) is 13.0 Å². The van der Waals surface area contributed by atoms with Gasteiger partial charge in [0, 0.05) is 12.6 Å². The molecule has 0 spiro atoms. The third-order valence-corrected chi connectivity index (χ3v) is 4.34. The SMILES string of the molecule is Cc1cccc(-n2nnn(C)c2=O)c1/C=N\OC(C)c1cccc(C(F)(F)F)c1. The summed E-state index contributed by atoms with van der Waals surface area (Å²) in [6, 6.07) is 10.1. The van der Waals surface area contributed by atoms with Gasteiger partial charge >= 0.3 is 11.9 Å². The molecule has 0 fully saturated rings. The zero-order valence-corrected chi connectivity index (χ0v) is 15.9. The molecular formula is C19H18F3N5O2. The van der Waals surface area contributed by atoms with Crippen molar-refractivity contribution in [2.45, 2.75) is 26.1 Å². The Morgan fingerprint density at radius 2 is 1.90 bits per heavy atom. The summed E-state index contributed by atoms with van der Waals surface area (Å²) in [5.74, 6) is 0. The Morgan fingerprint density at radius 1 is 1.17 bits per heavy atom. The molecule has 0 aliphatic heterocycles. The van der Waals surface area contributed by atoms with E-state index in [0.29, 0.717) is 16.8 Å². The zero-order valence-electron chi connectivity index (χ0n) is 15.9. The standard InChI is InChI=1S/C19H18F3N5O2/c1-12-6-4-9-17(27-18(28)26(3)24-25-27)16(12)11-23-29-13(2)14-7-5-8-15(10-14)19(20,21)22/h4-11,13H,1-3H3/b23-11-. The summed E-state index contributed by atoms with van der Waals surface area (Å²) in [7, 11) is 1.48. The molecule has 2 aromatic carbocycles. The molecule has 3 aromatic rings. The van der Waals surface area contributed by atoms with Crippen molar-refractivity contribution < 1.29 is 18.0 Å². The van der Waals surface area contributed by atoms with E-state index >= 15 is 0 Å². The number of benzene rings is 2. The fraction of sp³-hybridized carbons (Fsp3) is 0.263. The van der Waals surface area contributed by atoms with Crippen molar-refractivity contribution in [3.05, 3.63) is 75.2 Å². The number of rotatable bonds is 5. The van der Waals surface area contributed by atoms with Crippen molar-refractivity contribution in [3.8, 4) is 5.69 Å². The first-order valence-electron chi connectivity index (χ1n) is 8.64. The largest absolute Gasteiger partial charge is 0.416 e. The minimum absolute atomic E-state index is 0.340. The van der Waals surface area contributed by atoms with Crippen molar-refractivity contribution in [1.29, 1.82) is 0 Å². The summed E-state index contributed by atoms with van der Waals surface area (Å²) in [4.78, 5) is 17.5. The van der Waals surface area contributed by atoms with Crippen LogP contribution in [-0.2, 0) is 18.1 Å². The van der Waals surface area contributed by atoms with Crippen LogP contribution in [0.2, 0.25) is 0 Å². The Bertz CT molecular complexity index is 1100. The van der Waals surface area contributed by atoms with E-state index in [0.717, 1.165) is 27.1 Å². The fourth-order valence-electron chi connectivity index (χ4n) is 2.69. The van der Waals surface area contributed by atoms with Crippen LogP contribution in [0, 0.1) is 6.92 Å². The van der Waals surface area contributed by atoms with Gasteiger partial charge in [0.15, 0.2) is 0 Å². The van der Waals surface area contributed by atoms with E-state index in [1.165, 1.54) is 25.4 Å². The van der Waals surface area contributed by atoms with Crippen LogP contribution in [0.1, 0.15) is 35.3 Å². The summed E-state index contributed by atoms with van der Waals surface area (Å²) < 4.78 is 40.9. The van der Waals surface area contributed by atoms with Crippen LogP contribution in [0.15, 0.2) is 52.4 Å². The number of aromatic nitrogens is 4. The van der Waals surface area contributed by atoms with Gasteiger partial charge in [0.25, 0.3) is 0 Å². The molecule has 0 saturated carbocycles. The number of tetrazole rings is 1. The Labute approximate surface area is 164 Å². The highest BCUT2D eigenvalue weighted by molar-refractivity contribution is 5.86. The van der Waals surface area contributed by atoms with E-state index in [-0.39, 0.29) is 0 Å². The third-order valence-electron chi connectivity index (χ3n) is 4.34. The molecule has 7 nitrogen and oxygen atoms in total. The second-order valence-corrected chi connectivity index (χ2v) is 6.41. The van der Waals surface area contributed by atoms with Crippen molar-refractivity contribution in [2.24, 2.45) is 12.2 Å². The van der Waals surface area contributed by atoms with Gasteiger partial charge in [-0.05, 0) is 53.6 Å². The molecule has 1 atom stereocenters. The molecule has 0 aliphatic rings. The van der Waals surface area contributed by atoms with Gasteiger partial charge in [-0.25, -0.2) is 4.79 Å². The Hall–Kier alpha value is -3.43. The van der Waals surface area contributed by atoms with Gasteiger partial charge in [-0.2, -0.15) is 22.5 Å². The minimum atomic E-state index is -4.43. The van der Waals surface area contributed by atoms with E-state index in [4.69, 9.17) is 4.84 Å². The molecule has 1 aromatic heterocycles. The predicted octanol–water partition coefficient (Wildman–Crippen LogP) is 3.40. The molecule has 0 aliphatic carbocycles. The number of nitrogens with zero attached hydrogens (tertiary/aromatic N) is 5. The maximum atomic E-state index is 12.9. The van der Waals surface area contributed by atoms with Gasteiger partial charge in [-0.15, -0.1) is 0 Å². The number of oxime groups is 1. The number of aryl methyl sites for hydroxylation is 2. The van der Waals surface area contributed by atoms with Crippen LogP contribution < -0.4 is 5.69 Å². The molecule has 0 saturated heterocycles. The molecule has 0 radical (unpaired) electrons. The van der Waals surface area contributed by atoms with Gasteiger partial charge < -0.3 is 4.84 Å². The van der Waals surface area contributed by atoms with Crippen LogP contribution in [0.3, 0.4) is 0 Å². The lowest BCUT2D eigenvalue weighted by Gasteiger charge is -2.13. The predicted molar refractivity (Wildman–Crippen MR) is 99.9 cm³/mol. The highest BCUT2D eigenvalue weighted by atomic mass is 19.4. The van der Waals surface area contributed by atoms with E-state index in [9.17, 15) is 18.0 Å². The first-order chi connectivity index (χ1) is 13.7. The van der Waals surface area contributed by atoms with Gasteiger partial charge in [0.1, 0.15) is 6.10 Å². The summed E-state index contributed by atoms with van der Waals surface area (Å²) in [5.41, 5.74) is 1.00. The van der Waals surface area contributed by atoms with Crippen molar-refractivity contribution in [3.63, 3.8) is 0 Å². The Balaban J connectivity index is 1.84. The monoisotopic (exact) mass is 405 g/mol. The second kappa shape index (κ2) is 7.90. The van der Waals surface area contributed by atoms with Crippen LogP contribution in [-0.4, -0.2) is 26.0 Å². The Morgan fingerprint density at radius 3 is 2.55 bits per heavy atom. The van der Waals surface area contributed by atoms with Gasteiger partial charge in [-0.1, -0.05) is 29.4 Å². The maximum Gasteiger partial charge on any atom is 0.416 e. The molecule has 3 rings (SSSR count). The lowest BCUT2D eigenvalue weighted by molar-refractivity contribution is -0.137. The molecule has 29 heavy (non-hydrogen) atoms. The minimum Gasteiger partial charge on any atom is -0.388 e. The highest BCUT2D eigenvalue weighted by Gasteiger charge is 2.30. The summed E-state index contributed by atoms with van der Waals surface area (Å²) >= 11 is 0. The molecule has 0 N–H and O–H groups in total. The van der Waals surface area contributed by atoms with Gasteiger partial charge in [0.05, 0.1) is 17.5 Å². The molecule has 152 valence electrons. The molecule has 0 amide bonds. The van der Waals surface area contributed by atoms with Crippen LogP contribution in [0.5, 0.6) is 0 Å². The summed E-state index contributed by atoms with van der Waals surface area (Å²) in [6.45, 7) is 3.42. The summed E-state index contributed by atoms with van der Waals surface area (Å²) in [5, 5.41) is 11.4. The quantitative estimate of drug-likeness (QED) is 0.482. The highest BCUT2D eigenvalue weighted by Crippen LogP contribution is 2.31. The van der Waals surface area contributed by atoms with E-state index in [1.54, 1.807) is 19.1 Å². The molecule has 1 heterocycles. The second-order valence-electron chi connectivity index (χ2n) is 6.41. The topological polar surface area (TPSA) is 74.3 Å². The van der Waals surface area contributed by atoms with E-state index < -0.39 is 23.5 Å². The number of hydrogen-bond donors (Lipinski definition) is 0. The lowest BCUT2D eigenvalue weighted by atomic mass is 10.1. The van der Waals surface area contributed by atoms with Gasteiger partial charge in [-0.3, -0.25) is 0 Å². The smallest absolute Gasteiger partial charge is 0.388 e. The van der Waals surface area contributed by atoms with Crippen molar-refractivity contribution in [1.82, 2.24) is 19.8 Å². The number of alkyl halides is 3. The average molecular weight is 405 g/mol. The van der Waals surface area contributed by atoms with Crippen molar-refractivity contribution >= 4 is 6.21 Å². The third kappa shape index (κ3) is 4.36. The van der Waals surface area contributed by atoms with Crippen LogP contribution in [0.4, 0.5) is 13.2 Å². The fourth-order valence-corrected chi connectivity index (χ4v) is 2.69. The molecular weight excluding hydrogens is 387 g/mol. The van der Waals surface area contributed by atoms with E-state index in [2.05, 4.69) is 15.6 Å². The average Bonchev–Trinajstić information content (AvgIpc) is 3.01. The number of hydrogen-bond acceptors (Lipinski definition) is 5. The molecule has 10 heteroatoms. The van der Waals surface area contributed by atoms with Crippen molar-refractivity contribution in [2.75, 3.05) is 0 Å². The Kier molecular flexibility index (Phi) is 5.53. The molecule has 0 bridgehead atoms. The zero-order chi connectivity index (χ0) is 21.2. The van der Waals surface area contributed by atoms with Crippen LogP contribution >= 0.6 is 0 Å². The first kappa shape index (κ1) is 20.3. The van der Waals surface area contributed by atoms with Gasteiger partial charge in [0.2, 0.25) is 0 Å². The lowest BCUT2D eigenvalue weighted by Crippen LogP contribution is -2.23. The maximum absolute atomic E-state index is 12.9.